The summed E-state index contributed by atoms with van der Waals surface area (Å²) < 4.78 is 7.80. The molecule has 0 aromatic carbocycles. The highest BCUT2D eigenvalue weighted by atomic mass is 16.5. The Kier molecular flexibility index (Phi) is 3.95. The molecular formula is C19H26N4O2. The summed E-state index contributed by atoms with van der Waals surface area (Å²) in [5, 5.41) is 6.11. The molecule has 1 aliphatic heterocycles. The van der Waals surface area contributed by atoms with Crippen LogP contribution < -0.4 is 10.6 Å². The topological polar surface area (TPSA) is 67.7 Å². The van der Waals surface area contributed by atoms with Gasteiger partial charge in [0.15, 0.2) is 0 Å². The van der Waals surface area contributed by atoms with Crippen molar-refractivity contribution in [3.63, 3.8) is 0 Å². The lowest BCUT2D eigenvalue weighted by Crippen LogP contribution is -2.67. The number of hydrogen-bond acceptors (Lipinski definition) is 3. The van der Waals surface area contributed by atoms with Gasteiger partial charge in [0.2, 0.25) is 0 Å². The van der Waals surface area contributed by atoms with E-state index >= 15 is 0 Å². The average Bonchev–Trinajstić information content (AvgIpc) is 3.18. The molecule has 134 valence electrons. The first-order valence-electron chi connectivity index (χ1n) is 9.06. The maximum absolute atomic E-state index is 12.3. The number of rotatable bonds is 4. The molecule has 2 aromatic rings. The number of ether oxygens (including phenoxy) is 1. The van der Waals surface area contributed by atoms with Crippen LogP contribution in [0.1, 0.15) is 31.5 Å². The second kappa shape index (κ2) is 6.02. The molecule has 0 spiro atoms. The van der Waals surface area contributed by atoms with Crippen LogP contribution in [0.2, 0.25) is 0 Å². The number of aromatic nitrogens is 2. The van der Waals surface area contributed by atoms with Gasteiger partial charge in [0.05, 0.1) is 11.8 Å². The van der Waals surface area contributed by atoms with E-state index in [1.807, 2.05) is 22.9 Å². The second-order valence-electron chi connectivity index (χ2n) is 7.85. The highest BCUT2D eigenvalue weighted by Gasteiger charge is 2.59. The molecule has 1 saturated heterocycles. The van der Waals surface area contributed by atoms with Crippen molar-refractivity contribution in [3.05, 3.63) is 35.8 Å². The highest BCUT2D eigenvalue weighted by molar-refractivity contribution is 5.74. The fourth-order valence-electron chi connectivity index (χ4n) is 4.44. The highest BCUT2D eigenvalue weighted by Crippen LogP contribution is 2.51. The molecule has 6 heteroatoms. The van der Waals surface area contributed by atoms with Crippen LogP contribution in [0.15, 0.2) is 24.5 Å². The molecule has 0 radical (unpaired) electrons. The fourth-order valence-corrected chi connectivity index (χ4v) is 4.44. The Labute approximate surface area is 148 Å². The maximum atomic E-state index is 12.3. The zero-order valence-corrected chi connectivity index (χ0v) is 15.1. The SMILES string of the molecule is Cc1cccn2cc(CCNC(=O)N[C@@H]3[C@@H]4CCO[C@@H]4C3(C)C)nc12. The molecule has 3 atom stereocenters. The lowest BCUT2D eigenvalue weighted by Gasteiger charge is -2.54. The van der Waals surface area contributed by atoms with Gasteiger partial charge in [0, 0.05) is 49.3 Å². The number of nitrogens with zero attached hydrogens (tertiary/aromatic N) is 2. The van der Waals surface area contributed by atoms with Crippen LogP contribution in [0.25, 0.3) is 5.65 Å². The van der Waals surface area contributed by atoms with Crippen molar-refractivity contribution < 1.29 is 9.53 Å². The predicted octanol–water partition coefficient (Wildman–Crippen LogP) is 2.30. The Morgan fingerprint density at radius 1 is 1.48 bits per heavy atom. The molecule has 2 aliphatic rings. The summed E-state index contributed by atoms with van der Waals surface area (Å²) in [7, 11) is 0. The lowest BCUT2D eigenvalue weighted by atomic mass is 9.57. The van der Waals surface area contributed by atoms with E-state index in [0.717, 1.165) is 36.4 Å². The first-order chi connectivity index (χ1) is 12.0. The van der Waals surface area contributed by atoms with Crippen molar-refractivity contribution in [3.8, 4) is 0 Å². The molecule has 0 bridgehead atoms. The van der Waals surface area contributed by atoms with Gasteiger partial charge >= 0.3 is 6.03 Å². The van der Waals surface area contributed by atoms with Crippen molar-refractivity contribution in [2.24, 2.45) is 11.3 Å². The third-order valence-corrected chi connectivity index (χ3v) is 5.78. The van der Waals surface area contributed by atoms with Gasteiger partial charge in [-0.2, -0.15) is 0 Å². The van der Waals surface area contributed by atoms with E-state index in [4.69, 9.17) is 4.74 Å². The number of fused-ring (bicyclic) bond motifs is 2. The van der Waals surface area contributed by atoms with Gasteiger partial charge in [-0.3, -0.25) is 0 Å². The van der Waals surface area contributed by atoms with E-state index in [0.29, 0.717) is 18.6 Å². The molecule has 4 rings (SSSR count). The van der Waals surface area contributed by atoms with Crippen LogP contribution in [-0.4, -0.2) is 40.7 Å². The van der Waals surface area contributed by atoms with Crippen LogP contribution >= 0.6 is 0 Å². The summed E-state index contributed by atoms with van der Waals surface area (Å²) in [5.74, 6) is 0.460. The number of amides is 2. The number of carbonyl (C=O) groups is 1. The molecule has 2 aromatic heterocycles. The Morgan fingerprint density at radius 3 is 3.12 bits per heavy atom. The van der Waals surface area contributed by atoms with E-state index in [1.54, 1.807) is 0 Å². The summed E-state index contributed by atoms with van der Waals surface area (Å²) in [5.41, 5.74) is 3.13. The van der Waals surface area contributed by atoms with Gasteiger partial charge in [0.1, 0.15) is 5.65 Å². The van der Waals surface area contributed by atoms with Crippen molar-refractivity contribution in [1.29, 1.82) is 0 Å². The van der Waals surface area contributed by atoms with E-state index in [9.17, 15) is 4.79 Å². The predicted molar refractivity (Wildman–Crippen MR) is 95.6 cm³/mol. The summed E-state index contributed by atoms with van der Waals surface area (Å²) in [6.45, 7) is 7.78. The van der Waals surface area contributed by atoms with E-state index in [1.165, 1.54) is 0 Å². The van der Waals surface area contributed by atoms with Crippen LogP contribution in [0, 0.1) is 18.3 Å². The van der Waals surface area contributed by atoms with Gasteiger partial charge in [-0.15, -0.1) is 0 Å². The molecule has 1 saturated carbocycles. The third kappa shape index (κ3) is 2.78. The van der Waals surface area contributed by atoms with Gasteiger partial charge in [0.25, 0.3) is 0 Å². The normalized spacial score (nSPS) is 26.9. The number of hydrogen-bond donors (Lipinski definition) is 2. The number of aryl methyl sites for hydroxylation is 1. The van der Waals surface area contributed by atoms with Gasteiger partial charge in [-0.1, -0.05) is 19.9 Å². The van der Waals surface area contributed by atoms with E-state index in [-0.39, 0.29) is 17.5 Å². The fraction of sp³-hybridized carbons (Fsp3) is 0.579. The Morgan fingerprint density at radius 2 is 2.32 bits per heavy atom. The Balaban J connectivity index is 1.29. The maximum Gasteiger partial charge on any atom is 0.315 e. The quantitative estimate of drug-likeness (QED) is 0.896. The number of carbonyl (C=O) groups excluding carboxylic acids is 1. The van der Waals surface area contributed by atoms with E-state index in [2.05, 4.69) is 42.5 Å². The molecule has 1 aliphatic carbocycles. The van der Waals surface area contributed by atoms with Crippen molar-refractivity contribution in [1.82, 2.24) is 20.0 Å². The minimum Gasteiger partial charge on any atom is -0.377 e. The number of imidazole rings is 1. The van der Waals surface area contributed by atoms with Crippen LogP contribution in [0.3, 0.4) is 0 Å². The summed E-state index contributed by atoms with van der Waals surface area (Å²) in [6, 6.07) is 4.17. The summed E-state index contributed by atoms with van der Waals surface area (Å²) in [4.78, 5) is 16.9. The first-order valence-corrected chi connectivity index (χ1v) is 9.06. The number of pyridine rings is 1. The summed E-state index contributed by atoms with van der Waals surface area (Å²) in [6.07, 6.45) is 6.08. The van der Waals surface area contributed by atoms with Crippen molar-refractivity contribution in [2.45, 2.75) is 45.8 Å². The monoisotopic (exact) mass is 342 g/mol. The molecule has 3 heterocycles. The summed E-state index contributed by atoms with van der Waals surface area (Å²) >= 11 is 0. The molecule has 6 nitrogen and oxygen atoms in total. The Bertz CT molecular complexity index is 798. The minimum absolute atomic E-state index is 0.0115. The van der Waals surface area contributed by atoms with Crippen molar-refractivity contribution in [2.75, 3.05) is 13.2 Å². The van der Waals surface area contributed by atoms with Gasteiger partial charge < -0.3 is 19.8 Å². The smallest absolute Gasteiger partial charge is 0.315 e. The van der Waals surface area contributed by atoms with Crippen molar-refractivity contribution >= 4 is 11.7 Å². The molecule has 0 unspecified atom stereocenters. The standard InChI is InChI=1S/C19H26N4O2/c1-12-5-4-9-23-11-13(21-17(12)23)6-8-20-18(24)22-15-14-7-10-25-16(14)19(15,2)3/h4-5,9,11,14-16H,6-8,10H2,1-3H3,(H2,20,22,24)/t14-,15+,16-/m0/s1. The van der Waals surface area contributed by atoms with Gasteiger partial charge in [-0.25, -0.2) is 9.78 Å². The molecular weight excluding hydrogens is 316 g/mol. The third-order valence-electron chi connectivity index (χ3n) is 5.78. The number of nitrogens with one attached hydrogen (secondary N) is 2. The minimum atomic E-state index is -0.0941. The molecule has 25 heavy (non-hydrogen) atoms. The molecule has 2 fully saturated rings. The lowest BCUT2D eigenvalue weighted by molar-refractivity contribution is -0.108. The Hall–Kier alpha value is -2.08. The second-order valence-corrected chi connectivity index (χ2v) is 7.85. The largest absolute Gasteiger partial charge is 0.377 e. The number of urea groups is 1. The van der Waals surface area contributed by atoms with Gasteiger partial charge in [-0.05, 0) is 25.0 Å². The van der Waals surface area contributed by atoms with Crippen LogP contribution in [0.4, 0.5) is 4.79 Å². The molecule has 2 N–H and O–H groups in total. The zero-order chi connectivity index (χ0) is 17.6. The molecule has 2 amide bonds. The van der Waals surface area contributed by atoms with Crippen LogP contribution in [-0.2, 0) is 11.2 Å². The average molecular weight is 342 g/mol. The zero-order valence-electron chi connectivity index (χ0n) is 15.1. The first kappa shape index (κ1) is 16.4. The van der Waals surface area contributed by atoms with E-state index < -0.39 is 0 Å². The van der Waals surface area contributed by atoms with Crippen LogP contribution in [0.5, 0.6) is 0 Å².